The van der Waals surface area contributed by atoms with Gasteiger partial charge in [-0.05, 0) is 34.9 Å². The van der Waals surface area contributed by atoms with Gasteiger partial charge in [-0.15, -0.1) is 15.3 Å². The molecule has 0 aliphatic rings. The molecule has 9 heteroatoms. The standard InChI is InChI=1S/C24H14ClF3N4O/c25-23-30-29-22-19(16-9-5-2-6-10-16)14-21(31-32(22)23)33-20-13-17(24(26,27)28)11-12-18(20)15-7-3-1-4-8-15/h1-14H. The van der Waals surface area contributed by atoms with Crippen molar-refractivity contribution in [2.24, 2.45) is 0 Å². The molecule has 0 amide bonds. The molecule has 0 saturated carbocycles. The molecule has 0 fully saturated rings. The topological polar surface area (TPSA) is 52.3 Å². The first-order valence-corrected chi connectivity index (χ1v) is 10.2. The summed E-state index contributed by atoms with van der Waals surface area (Å²) in [6.45, 7) is 0. The number of fused-ring (bicyclic) bond motifs is 1. The number of nitrogens with zero attached hydrogens (tertiary/aromatic N) is 4. The molecule has 0 aliphatic carbocycles. The number of hydrogen-bond acceptors (Lipinski definition) is 4. The summed E-state index contributed by atoms with van der Waals surface area (Å²) in [6, 6.07) is 23.3. The molecule has 0 saturated heterocycles. The normalized spacial score (nSPS) is 11.6. The average Bonchev–Trinajstić information content (AvgIpc) is 3.20. The van der Waals surface area contributed by atoms with Crippen molar-refractivity contribution in [2.75, 3.05) is 0 Å². The molecule has 5 nitrogen and oxygen atoms in total. The summed E-state index contributed by atoms with van der Waals surface area (Å²) >= 11 is 6.14. The number of aromatic nitrogens is 4. The van der Waals surface area contributed by atoms with Gasteiger partial charge in [0.25, 0.3) is 0 Å². The van der Waals surface area contributed by atoms with Crippen LogP contribution in [0.4, 0.5) is 13.2 Å². The maximum Gasteiger partial charge on any atom is 0.416 e. The van der Waals surface area contributed by atoms with Crippen LogP contribution in [0.1, 0.15) is 5.56 Å². The fraction of sp³-hybridized carbons (Fsp3) is 0.0417. The van der Waals surface area contributed by atoms with E-state index in [0.717, 1.165) is 17.7 Å². The first-order chi connectivity index (χ1) is 15.9. The van der Waals surface area contributed by atoms with Gasteiger partial charge in [0.1, 0.15) is 5.75 Å². The molecule has 5 rings (SSSR count). The van der Waals surface area contributed by atoms with E-state index in [1.54, 1.807) is 30.3 Å². The van der Waals surface area contributed by atoms with Crippen molar-refractivity contribution in [3.63, 3.8) is 0 Å². The maximum absolute atomic E-state index is 13.4. The molecular formula is C24H14ClF3N4O. The van der Waals surface area contributed by atoms with Crippen LogP contribution in [0.2, 0.25) is 5.28 Å². The van der Waals surface area contributed by atoms with E-state index in [0.29, 0.717) is 22.3 Å². The van der Waals surface area contributed by atoms with Gasteiger partial charge in [0.05, 0.1) is 5.56 Å². The Labute approximate surface area is 191 Å². The van der Waals surface area contributed by atoms with Crippen molar-refractivity contribution in [1.82, 2.24) is 19.8 Å². The second kappa shape index (κ2) is 8.22. The van der Waals surface area contributed by atoms with Gasteiger partial charge >= 0.3 is 6.18 Å². The van der Waals surface area contributed by atoms with Crippen molar-refractivity contribution in [3.8, 4) is 33.9 Å². The van der Waals surface area contributed by atoms with Gasteiger partial charge in [-0.1, -0.05) is 66.7 Å². The molecule has 3 aromatic carbocycles. The maximum atomic E-state index is 13.4. The molecule has 5 aromatic rings. The fourth-order valence-corrected chi connectivity index (χ4v) is 3.62. The SMILES string of the molecule is FC(F)(F)c1ccc(-c2ccccc2)c(Oc2cc(-c3ccccc3)c3nnc(Cl)n3n2)c1. The Morgan fingerprint density at radius 1 is 0.758 bits per heavy atom. The van der Waals surface area contributed by atoms with Crippen molar-refractivity contribution >= 4 is 17.2 Å². The van der Waals surface area contributed by atoms with Crippen LogP contribution in [0.25, 0.3) is 27.9 Å². The van der Waals surface area contributed by atoms with Crippen LogP contribution < -0.4 is 4.74 Å². The highest BCUT2D eigenvalue weighted by atomic mass is 35.5. The smallest absolute Gasteiger partial charge is 0.416 e. The molecule has 164 valence electrons. The van der Waals surface area contributed by atoms with Gasteiger partial charge in [-0.3, -0.25) is 0 Å². The van der Waals surface area contributed by atoms with E-state index in [1.165, 1.54) is 10.6 Å². The number of ether oxygens (including phenoxy) is 1. The first kappa shape index (κ1) is 21.0. The van der Waals surface area contributed by atoms with Crippen molar-refractivity contribution in [3.05, 3.63) is 95.8 Å². The summed E-state index contributed by atoms with van der Waals surface area (Å²) in [5, 5.41) is 12.2. The molecular weight excluding hydrogens is 453 g/mol. The van der Waals surface area contributed by atoms with Crippen LogP contribution in [0.3, 0.4) is 0 Å². The predicted molar refractivity (Wildman–Crippen MR) is 118 cm³/mol. The van der Waals surface area contributed by atoms with E-state index in [9.17, 15) is 13.2 Å². The van der Waals surface area contributed by atoms with Crippen molar-refractivity contribution in [2.45, 2.75) is 6.18 Å². The summed E-state index contributed by atoms with van der Waals surface area (Å²) in [6.07, 6.45) is -4.53. The number of halogens is 4. The Bertz CT molecular complexity index is 1440. The molecule has 0 radical (unpaired) electrons. The van der Waals surface area contributed by atoms with Gasteiger partial charge < -0.3 is 4.74 Å². The van der Waals surface area contributed by atoms with Crippen LogP contribution >= 0.6 is 11.6 Å². The summed E-state index contributed by atoms with van der Waals surface area (Å²) in [7, 11) is 0. The first-order valence-electron chi connectivity index (χ1n) is 9.82. The van der Waals surface area contributed by atoms with Gasteiger partial charge in [0.15, 0.2) is 5.65 Å². The van der Waals surface area contributed by atoms with Gasteiger partial charge in [0, 0.05) is 17.2 Å². The van der Waals surface area contributed by atoms with Crippen LogP contribution in [0.15, 0.2) is 84.9 Å². The van der Waals surface area contributed by atoms with E-state index in [-0.39, 0.29) is 16.9 Å². The summed E-state index contributed by atoms with van der Waals surface area (Å²) < 4.78 is 47.5. The van der Waals surface area contributed by atoms with Crippen molar-refractivity contribution < 1.29 is 17.9 Å². The monoisotopic (exact) mass is 466 g/mol. The zero-order valence-corrected chi connectivity index (χ0v) is 17.5. The zero-order valence-electron chi connectivity index (χ0n) is 16.8. The zero-order chi connectivity index (χ0) is 23.0. The quantitative estimate of drug-likeness (QED) is 0.288. The highest BCUT2D eigenvalue weighted by molar-refractivity contribution is 6.28. The molecule has 0 atom stereocenters. The van der Waals surface area contributed by atoms with E-state index in [2.05, 4.69) is 15.3 Å². The van der Waals surface area contributed by atoms with E-state index in [1.807, 2.05) is 36.4 Å². The predicted octanol–water partition coefficient (Wildman–Crippen LogP) is 6.92. The molecule has 0 N–H and O–H groups in total. The number of rotatable bonds is 4. The summed E-state index contributed by atoms with van der Waals surface area (Å²) in [5.74, 6) is 0.0469. The highest BCUT2D eigenvalue weighted by Gasteiger charge is 2.31. The lowest BCUT2D eigenvalue weighted by molar-refractivity contribution is -0.137. The van der Waals surface area contributed by atoms with Crippen LogP contribution in [0, 0.1) is 0 Å². The second-order valence-corrected chi connectivity index (χ2v) is 7.48. The molecule has 0 aliphatic heterocycles. The molecule has 0 unspecified atom stereocenters. The Hall–Kier alpha value is -3.91. The van der Waals surface area contributed by atoms with Crippen LogP contribution in [-0.2, 0) is 6.18 Å². The van der Waals surface area contributed by atoms with E-state index >= 15 is 0 Å². The third-order valence-corrected chi connectivity index (χ3v) is 5.24. The fourth-order valence-electron chi connectivity index (χ4n) is 3.46. The Morgan fingerprint density at radius 2 is 1.39 bits per heavy atom. The van der Waals surface area contributed by atoms with E-state index < -0.39 is 11.7 Å². The number of benzene rings is 3. The Kier molecular flexibility index (Phi) is 5.22. The molecule has 2 aromatic heterocycles. The van der Waals surface area contributed by atoms with Gasteiger partial charge in [-0.25, -0.2) is 0 Å². The third-order valence-electron chi connectivity index (χ3n) is 5.00. The lowest BCUT2D eigenvalue weighted by atomic mass is 10.0. The highest BCUT2D eigenvalue weighted by Crippen LogP contribution is 2.39. The van der Waals surface area contributed by atoms with E-state index in [4.69, 9.17) is 16.3 Å². The minimum Gasteiger partial charge on any atom is -0.437 e. The third kappa shape index (κ3) is 4.12. The molecule has 2 heterocycles. The lowest BCUT2D eigenvalue weighted by Gasteiger charge is -2.15. The number of hydrogen-bond donors (Lipinski definition) is 0. The van der Waals surface area contributed by atoms with Crippen LogP contribution in [0.5, 0.6) is 11.6 Å². The minimum absolute atomic E-state index is 0.0000406. The van der Waals surface area contributed by atoms with Gasteiger partial charge in [0.2, 0.25) is 11.2 Å². The molecule has 0 bridgehead atoms. The number of alkyl halides is 3. The van der Waals surface area contributed by atoms with Crippen LogP contribution in [-0.4, -0.2) is 19.8 Å². The molecule has 33 heavy (non-hydrogen) atoms. The summed E-state index contributed by atoms with van der Waals surface area (Å²) in [5.41, 5.74) is 2.17. The van der Waals surface area contributed by atoms with Crippen molar-refractivity contribution in [1.29, 1.82) is 0 Å². The lowest BCUT2D eigenvalue weighted by Crippen LogP contribution is -2.06. The minimum atomic E-state index is -4.53. The average molecular weight is 467 g/mol. The van der Waals surface area contributed by atoms with Gasteiger partial charge in [-0.2, -0.15) is 17.7 Å². The Balaban J connectivity index is 1.67. The summed E-state index contributed by atoms with van der Waals surface area (Å²) in [4.78, 5) is 0. The molecule has 0 spiro atoms. The largest absolute Gasteiger partial charge is 0.437 e. The second-order valence-electron chi connectivity index (χ2n) is 7.14. The Morgan fingerprint density at radius 3 is 2.03 bits per heavy atom.